The number of hydrogen-bond acceptors (Lipinski definition) is 2. The van der Waals surface area contributed by atoms with E-state index in [2.05, 4.69) is 5.32 Å². The van der Waals surface area contributed by atoms with Gasteiger partial charge in [-0.3, -0.25) is 5.32 Å². The van der Waals surface area contributed by atoms with E-state index in [0.29, 0.717) is 10.6 Å². The molecular formula is C12H16ClNO2. The van der Waals surface area contributed by atoms with E-state index >= 15 is 0 Å². The second kappa shape index (κ2) is 4.85. The highest BCUT2D eigenvalue weighted by molar-refractivity contribution is 6.30. The van der Waals surface area contributed by atoms with Gasteiger partial charge in [-0.05, 0) is 38.5 Å². The van der Waals surface area contributed by atoms with E-state index in [4.69, 9.17) is 11.6 Å². The summed E-state index contributed by atoms with van der Waals surface area (Å²) >= 11 is 5.78. The van der Waals surface area contributed by atoms with E-state index in [-0.39, 0.29) is 6.04 Å². The third-order valence-corrected chi connectivity index (χ3v) is 2.68. The molecule has 0 amide bonds. The second-order valence-corrected chi connectivity index (χ2v) is 4.67. The Balaban J connectivity index is 3.11. The minimum absolute atomic E-state index is 0.0804. The number of carboxylic acids is 1. The maximum atomic E-state index is 11.3. The summed E-state index contributed by atoms with van der Waals surface area (Å²) in [4.78, 5) is 11.3. The lowest BCUT2D eigenvalue weighted by Crippen LogP contribution is -2.49. The number of aliphatic carboxylic acids is 1. The van der Waals surface area contributed by atoms with Crippen LogP contribution >= 0.6 is 11.6 Å². The van der Waals surface area contributed by atoms with Gasteiger partial charge in [-0.1, -0.05) is 23.7 Å². The van der Waals surface area contributed by atoms with Crippen LogP contribution in [0, 0.1) is 0 Å². The Hall–Kier alpha value is -1.06. The Morgan fingerprint density at radius 2 is 1.88 bits per heavy atom. The van der Waals surface area contributed by atoms with Crippen LogP contribution in [0.2, 0.25) is 5.02 Å². The topological polar surface area (TPSA) is 49.3 Å². The van der Waals surface area contributed by atoms with Crippen LogP contribution in [0.4, 0.5) is 0 Å². The molecule has 0 saturated carbocycles. The molecule has 0 aliphatic heterocycles. The molecular weight excluding hydrogens is 226 g/mol. The normalized spacial score (nSPS) is 14.8. The van der Waals surface area contributed by atoms with Crippen molar-refractivity contribution >= 4 is 17.6 Å². The lowest BCUT2D eigenvalue weighted by molar-refractivity contribution is -0.144. The number of halogens is 1. The molecule has 88 valence electrons. The fourth-order valence-corrected chi connectivity index (χ4v) is 1.76. The molecule has 0 spiro atoms. The van der Waals surface area contributed by atoms with Crippen molar-refractivity contribution in [2.24, 2.45) is 0 Å². The quantitative estimate of drug-likeness (QED) is 0.852. The number of nitrogens with one attached hydrogen (secondary N) is 1. The Bertz CT molecular complexity index is 375. The average molecular weight is 242 g/mol. The Kier molecular flexibility index (Phi) is 3.94. The van der Waals surface area contributed by atoms with Crippen molar-refractivity contribution < 1.29 is 9.90 Å². The SMILES string of the molecule is CC(C)NC(C)(C(=O)O)c1ccc(Cl)cc1. The highest BCUT2D eigenvalue weighted by atomic mass is 35.5. The maximum Gasteiger partial charge on any atom is 0.328 e. The van der Waals surface area contributed by atoms with Crippen molar-refractivity contribution in [3.8, 4) is 0 Å². The number of benzene rings is 1. The zero-order valence-electron chi connectivity index (χ0n) is 9.62. The van der Waals surface area contributed by atoms with E-state index in [9.17, 15) is 9.90 Å². The van der Waals surface area contributed by atoms with E-state index < -0.39 is 11.5 Å². The zero-order valence-corrected chi connectivity index (χ0v) is 10.4. The molecule has 1 unspecified atom stereocenters. The van der Waals surface area contributed by atoms with E-state index in [1.54, 1.807) is 31.2 Å². The average Bonchev–Trinajstić information content (AvgIpc) is 2.17. The van der Waals surface area contributed by atoms with Crippen LogP contribution in [0.15, 0.2) is 24.3 Å². The molecule has 0 fully saturated rings. The maximum absolute atomic E-state index is 11.3. The van der Waals surface area contributed by atoms with Gasteiger partial charge in [0.2, 0.25) is 0 Å². The van der Waals surface area contributed by atoms with Gasteiger partial charge in [-0.15, -0.1) is 0 Å². The fraction of sp³-hybridized carbons (Fsp3) is 0.417. The third-order valence-electron chi connectivity index (χ3n) is 2.43. The molecule has 1 aromatic rings. The van der Waals surface area contributed by atoms with Gasteiger partial charge in [-0.25, -0.2) is 4.79 Å². The highest BCUT2D eigenvalue weighted by Crippen LogP contribution is 2.23. The van der Waals surface area contributed by atoms with Crippen molar-refractivity contribution in [3.05, 3.63) is 34.9 Å². The van der Waals surface area contributed by atoms with Crippen LogP contribution in [0.3, 0.4) is 0 Å². The van der Waals surface area contributed by atoms with Gasteiger partial charge in [0.05, 0.1) is 0 Å². The van der Waals surface area contributed by atoms with Gasteiger partial charge >= 0.3 is 5.97 Å². The molecule has 0 aromatic heterocycles. The predicted octanol–water partition coefficient (Wildman–Crippen LogP) is 2.64. The summed E-state index contributed by atoms with van der Waals surface area (Å²) < 4.78 is 0. The molecule has 0 bridgehead atoms. The lowest BCUT2D eigenvalue weighted by Gasteiger charge is -2.29. The number of hydrogen-bond donors (Lipinski definition) is 2. The highest BCUT2D eigenvalue weighted by Gasteiger charge is 2.35. The Morgan fingerprint density at radius 3 is 2.25 bits per heavy atom. The van der Waals surface area contributed by atoms with Crippen molar-refractivity contribution in [2.75, 3.05) is 0 Å². The molecule has 4 heteroatoms. The zero-order chi connectivity index (χ0) is 12.3. The predicted molar refractivity (Wildman–Crippen MR) is 64.7 cm³/mol. The van der Waals surface area contributed by atoms with Crippen molar-refractivity contribution in [2.45, 2.75) is 32.4 Å². The third kappa shape index (κ3) is 2.74. The first-order valence-electron chi connectivity index (χ1n) is 5.13. The molecule has 3 nitrogen and oxygen atoms in total. The van der Waals surface area contributed by atoms with Gasteiger partial charge in [0.1, 0.15) is 5.54 Å². The largest absolute Gasteiger partial charge is 0.480 e. The molecule has 0 saturated heterocycles. The summed E-state index contributed by atoms with van der Waals surface area (Å²) in [6.45, 7) is 5.48. The molecule has 0 aliphatic rings. The second-order valence-electron chi connectivity index (χ2n) is 4.24. The van der Waals surface area contributed by atoms with E-state index in [1.807, 2.05) is 13.8 Å². The lowest BCUT2D eigenvalue weighted by atomic mass is 9.91. The number of rotatable bonds is 4. The van der Waals surface area contributed by atoms with Gasteiger partial charge in [-0.2, -0.15) is 0 Å². The standard InChI is InChI=1S/C12H16ClNO2/c1-8(2)14-12(3,11(15)16)9-4-6-10(13)7-5-9/h4-8,14H,1-3H3,(H,15,16). The first-order chi connectivity index (χ1) is 7.36. The summed E-state index contributed by atoms with van der Waals surface area (Å²) in [6, 6.07) is 6.93. The molecule has 1 rings (SSSR count). The minimum Gasteiger partial charge on any atom is -0.480 e. The summed E-state index contributed by atoms with van der Waals surface area (Å²) in [7, 11) is 0. The Morgan fingerprint density at radius 1 is 1.38 bits per heavy atom. The number of carbonyl (C=O) groups is 1. The molecule has 0 radical (unpaired) electrons. The monoisotopic (exact) mass is 241 g/mol. The van der Waals surface area contributed by atoms with Crippen LogP contribution < -0.4 is 5.32 Å². The summed E-state index contributed by atoms with van der Waals surface area (Å²) in [5, 5.41) is 13.0. The summed E-state index contributed by atoms with van der Waals surface area (Å²) in [5.74, 6) is -0.900. The molecule has 16 heavy (non-hydrogen) atoms. The first kappa shape index (κ1) is 13.0. The molecule has 1 atom stereocenters. The fourth-order valence-electron chi connectivity index (χ4n) is 1.63. The first-order valence-corrected chi connectivity index (χ1v) is 5.51. The summed E-state index contributed by atoms with van der Waals surface area (Å²) in [5.41, 5.74) is -0.392. The van der Waals surface area contributed by atoms with Crippen LogP contribution in [-0.2, 0) is 10.3 Å². The van der Waals surface area contributed by atoms with Gasteiger partial charge in [0.15, 0.2) is 0 Å². The van der Waals surface area contributed by atoms with Crippen LogP contribution in [0.5, 0.6) is 0 Å². The minimum atomic E-state index is -1.08. The Labute approximate surface area is 100 Å². The van der Waals surface area contributed by atoms with E-state index in [1.165, 1.54) is 0 Å². The summed E-state index contributed by atoms with van der Waals surface area (Å²) in [6.07, 6.45) is 0. The van der Waals surface area contributed by atoms with Gasteiger partial charge < -0.3 is 5.11 Å². The van der Waals surface area contributed by atoms with Gasteiger partial charge in [0, 0.05) is 11.1 Å². The smallest absolute Gasteiger partial charge is 0.328 e. The van der Waals surface area contributed by atoms with Crippen LogP contribution in [0.25, 0.3) is 0 Å². The van der Waals surface area contributed by atoms with E-state index in [0.717, 1.165) is 0 Å². The van der Waals surface area contributed by atoms with Crippen molar-refractivity contribution in [1.82, 2.24) is 5.32 Å². The van der Waals surface area contributed by atoms with Crippen molar-refractivity contribution in [1.29, 1.82) is 0 Å². The molecule has 0 heterocycles. The molecule has 2 N–H and O–H groups in total. The van der Waals surface area contributed by atoms with Gasteiger partial charge in [0.25, 0.3) is 0 Å². The van der Waals surface area contributed by atoms with Crippen molar-refractivity contribution in [3.63, 3.8) is 0 Å². The molecule has 1 aromatic carbocycles. The van der Waals surface area contributed by atoms with Crippen LogP contribution in [0.1, 0.15) is 26.3 Å². The number of carboxylic acid groups (broad SMARTS) is 1. The molecule has 0 aliphatic carbocycles. The van der Waals surface area contributed by atoms with Crippen LogP contribution in [-0.4, -0.2) is 17.1 Å².